The van der Waals surface area contributed by atoms with Crippen molar-refractivity contribution in [2.24, 2.45) is 0 Å². The zero-order chi connectivity index (χ0) is 28.6. The van der Waals surface area contributed by atoms with Crippen molar-refractivity contribution in [3.05, 3.63) is 125 Å². The standard InChI is InChI=1S/C29H14F10/c1-2-20(30)28(36)16-7-8-19(21(31)9-16)18-12-22(32)26(23(33)13-18)15-5-3-14(4-6-15)17-10-24(34)27(25(35)11-17)29(37,38)39/h2-13H,1H2. The smallest absolute Gasteiger partial charge is 0.206 e. The molecule has 0 unspecified atom stereocenters. The summed E-state index contributed by atoms with van der Waals surface area (Å²) in [5.41, 5.74) is -3.75. The van der Waals surface area contributed by atoms with Gasteiger partial charge in [-0.1, -0.05) is 43.0 Å². The molecule has 4 rings (SSSR count). The maximum absolute atomic E-state index is 15.0. The van der Waals surface area contributed by atoms with Crippen molar-refractivity contribution in [1.29, 1.82) is 0 Å². The molecule has 0 aliphatic heterocycles. The first-order valence-corrected chi connectivity index (χ1v) is 11.0. The summed E-state index contributed by atoms with van der Waals surface area (Å²) in [6, 6.07) is 10.1. The van der Waals surface area contributed by atoms with E-state index in [0.29, 0.717) is 24.3 Å². The number of hydrogen-bond donors (Lipinski definition) is 0. The zero-order valence-electron chi connectivity index (χ0n) is 19.4. The number of allylic oxidation sites excluding steroid dienone is 2. The molecule has 0 atom stereocenters. The molecule has 0 nitrogen and oxygen atoms in total. The fourth-order valence-electron chi connectivity index (χ4n) is 3.96. The van der Waals surface area contributed by atoms with Gasteiger partial charge in [-0.2, -0.15) is 13.2 Å². The van der Waals surface area contributed by atoms with Crippen LogP contribution in [0.2, 0.25) is 0 Å². The van der Waals surface area contributed by atoms with Gasteiger partial charge in [0.25, 0.3) is 0 Å². The highest BCUT2D eigenvalue weighted by molar-refractivity contribution is 5.75. The minimum absolute atomic E-state index is 0.0314. The Morgan fingerprint density at radius 3 is 1.59 bits per heavy atom. The summed E-state index contributed by atoms with van der Waals surface area (Å²) in [6.45, 7) is 3.07. The number of rotatable bonds is 5. The number of alkyl halides is 3. The Labute approximate surface area is 215 Å². The third kappa shape index (κ3) is 5.45. The predicted octanol–water partition coefficient (Wildman–Crippen LogP) is 10.2. The summed E-state index contributed by atoms with van der Waals surface area (Å²) in [7, 11) is 0. The van der Waals surface area contributed by atoms with E-state index in [9.17, 15) is 43.9 Å². The van der Waals surface area contributed by atoms with Gasteiger partial charge in [-0.3, -0.25) is 0 Å². The van der Waals surface area contributed by atoms with E-state index in [4.69, 9.17) is 0 Å². The van der Waals surface area contributed by atoms with Gasteiger partial charge in [0, 0.05) is 11.1 Å². The molecule has 0 heterocycles. The van der Waals surface area contributed by atoms with Gasteiger partial charge in [0.05, 0.1) is 5.56 Å². The van der Waals surface area contributed by atoms with Crippen LogP contribution in [0.1, 0.15) is 11.1 Å². The fourth-order valence-corrected chi connectivity index (χ4v) is 3.96. The highest BCUT2D eigenvalue weighted by atomic mass is 19.4. The van der Waals surface area contributed by atoms with Crippen LogP contribution in [-0.2, 0) is 6.18 Å². The third-order valence-corrected chi connectivity index (χ3v) is 5.80. The van der Waals surface area contributed by atoms with E-state index in [-0.39, 0.29) is 27.8 Å². The van der Waals surface area contributed by atoms with Crippen LogP contribution in [-0.4, -0.2) is 0 Å². The Hall–Kier alpha value is -4.34. The lowest BCUT2D eigenvalue weighted by atomic mass is 9.96. The maximum atomic E-state index is 15.0. The van der Waals surface area contributed by atoms with Crippen LogP contribution in [0.4, 0.5) is 43.9 Å². The van der Waals surface area contributed by atoms with Crippen LogP contribution in [0.5, 0.6) is 0 Å². The van der Waals surface area contributed by atoms with E-state index in [0.717, 1.165) is 24.3 Å². The van der Waals surface area contributed by atoms with Gasteiger partial charge in [-0.05, 0) is 58.7 Å². The lowest BCUT2D eigenvalue weighted by Crippen LogP contribution is -2.11. The SMILES string of the molecule is C=CC(F)=C(F)c1ccc(-c2cc(F)c(-c3ccc(-c4cc(F)c(C(F)(F)F)c(F)c4)cc3)c(F)c2)c(F)c1. The van der Waals surface area contributed by atoms with E-state index in [1.54, 1.807) is 0 Å². The lowest BCUT2D eigenvalue weighted by molar-refractivity contribution is -0.142. The Morgan fingerprint density at radius 2 is 1.10 bits per heavy atom. The first-order valence-electron chi connectivity index (χ1n) is 11.0. The van der Waals surface area contributed by atoms with Crippen LogP contribution in [0.15, 0.2) is 85.2 Å². The topological polar surface area (TPSA) is 0 Å². The van der Waals surface area contributed by atoms with Crippen molar-refractivity contribution in [2.75, 3.05) is 0 Å². The average Bonchev–Trinajstić information content (AvgIpc) is 2.86. The molecule has 0 bridgehead atoms. The summed E-state index contributed by atoms with van der Waals surface area (Å²) < 4.78 is 138. The van der Waals surface area contributed by atoms with Crippen molar-refractivity contribution < 1.29 is 43.9 Å². The molecule has 0 saturated heterocycles. The normalized spacial score (nSPS) is 12.4. The summed E-state index contributed by atoms with van der Waals surface area (Å²) in [6.07, 6.45) is -4.64. The molecule has 0 radical (unpaired) electrons. The summed E-state index contributed by atoms with van der Waals surface area (Å²) in [4.78, 5) is 0. The molecule has 4 aromatic carbocycles. The summed E-state index contributed by atoms with van der Waals surface area (Å²) in [5, 5.41) is 0. The molecule has 0 N–H and O–H groups in total. The Balaban J connectivity index is 1.67. The molecule has 4 aromatic rings. The van der Waals surface area contributed by atoms with Gasteiger partial charge in [0.1, 0.15) is 34.6 Å². The molecule has 0 aliphatic carbocycles. The molecular formula is C29H14F10. The van der Waals surface area contributed by atoms with Gasteiger partial charge >= 0.3 is 6.18 Å². The highest BCUT2D eigenvalue weighted by Crippen LogP contribution is 2.37. The number of hydrogen-bond acceptors (Lipinski definition) is 0. The molecular weight excluding hydrogens is 538 g/mol. The fraction of sp³-hybridized carbons (Fsp3) is 0.0345. The van der Waals surface area contributed by atoms with Crippen molar-refractivity contribution in [3.8, 4) is 33.4 Å². The van der Waals surface area contributed by atoms with Gasteiger partial charge in [0.15, 0.2) is 11.7 Å². The van der Waals surface area contributed by atoms with E-state index in [1.165, 1.54) is 24.3 Å². The second-order valence-electron chi connectivity index (χ2n) is 8.27. The van der Waals surface area contributed by atoms with Crippen LogP contribution in [0.25, 0.3) is 39.2 Å². The molecule has 0 spiro atoms. The molecule has 0 aliphatic rings. The molecule has 39 heavy (non-hydrogen) atoms. The molecule has 0 amide bonds. The summed E-state index contributed by atoms with van der Waals surface area (Å²) >= 11 is 0. The second-order valence-corrected chi connectivity index (χ2v) is 8.27. The highest BCUT2D eigenvalue weighted by Gasteiger charge is 2.38. The molecule has 0 fully saturated rings. The maximum Gasteiger partial charge on any atom is 0.422 e. The van der Waals surface area contributed by atoms with Crippen LogP contribution >= 0.6 is 0 Å². The van der Waals surface area contributed by atoms with Gasteiger partial charge in [-0.25, -0.2) is 30.7 Å². The van der Waals surface area contributed by atoms with E-state index in [2.05, 4.69) is 6.58 Å². The molecule has 0 saturated carbocycles. The van der Waals surface area contributed by atoms with Gasteiger partial charge < -0.3 is 0 Å². The predicted molar refractivity (Wildman–Crippen MR) is 127 cm³/mol. The Bertz CT molecular complexity index is 1570. The zero-order valence-corrected chi connectivity index (χ0v) is 19.4. The second kappa shape index (κ2) is 10.4. The largest absolute Gasteiger partial charge is 0.422 e. The molecule has 200 valence electrons. The Morgan fingerprint density at radius 1 is 0.590 bits per heavy atom. The quantitative estimate of drug-likeness (QED) is 0.171. The lowest BCUT2D eigenvalue weighted by Gasteiger charge is -2.12. The minimum Gasteiger partial charge on any atom is -0.206 e. The minimum atomic E-state index is -5.24. The van der Waals surface area contributed by atoms with Crippen molar-refractivity contribution in [1.82, 2.24) is 0 Å². The van der Waals surface area contributed by atoms with E-state index < -0.39 is 63.6 Å². The van der Waals surface area contributed by atoms with Crippen LogP contribution in [0.3, 0.4) is 0 Å². The Kier molecular flexibility index (Phi) is 7.41. The average molecular weight is 552 g/mol. The summed E-state index contributed by atoms with van der Waals surface area (Å²) in [5.74, 6) is -9.63. The third-order valence-electron chi connectivity index (χ3n) is 5.80. The van der Waals surface area contributed by atoms with E-state index in [1.807, 2.05) is 0 Å². The van der Waals surface area contributed by atoms with Gasteiger partial charge in [0.2, 0.25) is 0 Å². The van der Waals surface area contributed by atoms with Crippen molar-refractivity contribution in [2.45, 2.75) is 6.18 Å². The van der Waals surface area contributed by atoms with Crippen LogP contribution < -0.4 is 0 Å². The van der Waals surface area contributed by atoms with Crippen LogP contribution in [0, 0.1) is 29.1 Å². The first-order chi connectivity index (χ1) is 18.3. The van der Waals surface area contributed by atoms with Gasteiger partial charge in [-0.15, -0.1) is 0 Å². The van der Waals surface area contributed by atoms with E-state index >= 15 is 0 Å². The number of halogens is 10. The monoisotopic (exact) mass is 552 g/mol. The molecule has 10 heteroatoms. The first kappa shape index (κ1) is 27.7. The molecule has 0 aromatic heterocycles. The van der Waals surface area contributed by atoms with Crippen molar-refractivity contribution in [3.63, 3.8) is 0 Å². The number of benzene rings is 4. The van der Waals surface area contributed by atoms with Crippen molar-refractivity contribution >= 4 is 5.83 Å².